The van der Waals surface area contributed by atoms with Gasteiger partial charge in [0, 0.05) is 11.1 Å². The summed E-state index contributed by atoms with van der Waals surface area (Å²) in [7, 11) is 0. The van der Waals surface area contributed by atoms with E-state index in [0.29, 0.717) is 29.6 Å². The first-order valence-corrected chi connectivity index (χ1v) is 9.67. The molecule has 3 saturated carbocycles. The second-order valence-corrected chi connectivity index (χ2v) is 9.48. The van der Waals surface area contributed by atoms with Crippen molar-refractivity contribution in [2.24, 2.45) is 34.5 Å². The molecule has 2 N–H and O–H groups in total. The molecule has 130 valence electrons. The number of hydrogen-bond donors (Lipinski definition) is 2. The number of nitrogens with zero attached hydrogens (tertiary/aromatic N) is 1. The monoisotopic (exact) mass is 328 g/mol. The molecule has 0 saturated heterocycles. The van der Waals surface area contributed by atoms with Crippen molar-refractivity contribution < 1.29 is 9.90 Å². The second kappa shape index (κ2) is 4.72. The molecule has 3 fully saturated rings. The molecule has 1 aromatic rings. The molecule has 0 unspecified atom stereocenters. The van der Waals surface area contributed by atoms with E-state index in [-0.39, 0.29) is 11.2 Å². The van der Waals surface area contributed by atoms with Crippen molar-refractivity contribution in [3.63, 3.8) is 0 Å². The standard InChI is InChI=1S/C20H28N2O2/c1-19-6-5-14-13(15(19)8-17(23)18(19)24)4-3-12-7-16-11(10-21-22-16)9-20(12,14)2/h10,12-15,17,23H,3-9H2,1-2H3,(H,21,22)/t12-,13+,14-,15-,17-,19-,20-/m0/s1. The lowest BCUT2D eigenvalue weighted by molar-refractivity contribution is -0.140. The summed E-state index contributed by atoms with van der Waals surface area (Å²) in [5, 5.41) is 17.7. The van der Waals surface area contributed by atoms with Gasteiger partial charge in [-0.15, -0.1) is 0 Å². The van der Waals surface area contributed by atoms with E-state index < -0.39 is 6.10 Å². The van der Waals surface area contributed by atoms with Crippen LogP contribution in [0.25, 0.3) is 0 Å². The number of Topliss-reactive ketones (excluding diaryl/α,β-unsaturated/α-hetero) is 1. The molecule has 0 aliphatic heterocycles. The molecule has 4 aliphatic rings. The Morgan fingerprint density at radius 2 is 2.08 bits per heavy atom. The van der Waals surface area contributed by atoms with Crippen LogP contribution in [0.2, 0.25) is 0 Å². The fourth-order valence-electron chi connectivity index (χ4n) is 7.26. The summed E-state index contributed by atoms with van der Waals surface area (Å²) in [6.45, 7) is 4.64. The van der Waals surface area contributed by atoms with Gasteiger partial charge in [-0.2, -0.15) is 5.10 Å². The Kier molecular flexibility index (Phi) is 2.97. The number of carbonyl (C=O) groups excluding carboxylic acids is 1. The zero-order valence-corrected chi connectivity index (χ0v) is 14.7. The van der Waals surface area contributed by atoms with E-state index in [4.69, 9.17) is 0 Å². The number of aliphatic hydroxyl groups excluding tert-OH is 1. The molecule has 1 heterocycles. The van der Waals surface area contributed by atoms with E-state index in [2.05, 4.69) is 24.0 Å². The van der Waals surface area contributed by atoms with Crippen molar-refractivity contribution in [2.75, 3.05) is 0 Å². The number of fused-ring (bicyclic) bond motifs is 6. The van der Waals surface area contributed by atoms with E-state index in [0.717, 1.165) is 31.6 Å². The third-order valence-corrected chi connectivity index (χ3v) is 8.63. The van der Waals surface area contributed by atoms with Crippen LogP contribution >= 0.6 is 0 Å². The van der Waals surface area contributed by atoms with E-state index >= 15 is 0 Å². The summed E-state index contributed by atoms with van der Waals surface area (Å²) in [6.07, 6.45) is 8.89. The Morgan fingerprint density at radius 1 is 1.25 bits per heavy atom. The van der Waals surface area contributed by atoms with E-state index in [1.54, 1.807) is 0 Å². The topological polar surface area (TPSA) is 66.0 Å². The first kappa shape index (κ1) is 15.1. The van der Waals surface area contributed by atoms with E-state index in [1.807, 2.05) is 6.20 Å². The lowest BCUT2D eigenvalue weighted by Gasteiger charge is -2.59. The largest absolute Gasteiger partial charge is 0.385 e. The molecule has 24 heavy (non-hydrogen) atoms. The summed E-state index contributed by atoms with van der Waals surface area (Å²) in [5.74, 6) is 2.55. The zero-order chi connectivity index (χ0) is 16.7. The first-order chi connectivity index (χ1) is 11.4. The highest BCUT2D eigenvalue weighted by atomic mass is 16.3. The maximum atomic E-state index is 12.6. The van der Waals surface area contributed by atoms with Crippen LogP contribution in [0, 0.1) is 34.5 Å². The number of carbonyl (C=O) groups is 1. The highest BCUT2D eigenvalue weighted by Gasteiger charge is 2.62. The normalized spacial score (nSPS) is 50.0. The quantitative estimate of drug-likeness (QED) is 0.769. The molecule has 5 rings (SSSR count). The van der Waals surface area contributed by atoms with Gasteiger partial charge in [0.15, 0.2) is 5.78 Å². The number of hydrogen-bond acceptors (Lipinski definition) is 3. The average Bonchev–Trinajstić information content (AvgIpc) is 3.08. The van der Waals surface area contributed by atoms with Crippen molar-refractivity contribution in [1.82, 2.24) is 10.2 Å². The fraction of sp³-hybridized carbons (Fsp3) is 0.800. The summed E-state index contributed by atoms with van der Waals surface area (Å²) >= 11 is 0. The van der Waals surface area contributed by atoms with Crippen LogP contribution in [0.3, 0.4) is 0 Å². The fourth-order valence-corrected chi connectivity index (χ4v) is 7.26. The van der Waals surface area contributed by atoms with Gasteiger partial charge in [-0.3, -0.25) is 9.89 Å². The molecular weight excluding hydrogens is 300 g/mol. The molecule has 4 aliphatic carbocycles. The minimum atomic E-state index is -0.712. The lowest BCUT2D eigenvalue weighted by Crippen LogP contribution is -2.54. The molecule has 4 heteroatoms. The molecule has 1 aromatic heterocycles. The molecule has 7 atom stereocenters. The second-order valence-electron chi connectivity index (χ2n) is 9.48. The summed E-state index contributed by atoms with van der Waals surface area (Å²) in [6, 6.07) is 0. The Morgan fingerprint density at radius 3 is 2.92 bits per heavy atom. The molecule has 0 spiro atoms. The summed E-state index contributed by atoms with van der Waals surface area (Å²) < 4.78 is 0. The Labute approximate surface area is 143 Å². The van der Waals surface area contributed by atoms with Crippen molar-refractivity contribution in [2.45, 2.75) is 64.9 Å². The molecule has 0 aromatic carbocycles. The van der Waals surface area contributed by atoms with Crippen LogP contribution in [0.4, 0.5) is 0 Å². The van der Waals surface area contributed by atoms with Crippen molar-refractivity contribution in [3.8, 4) is 0 Å². The highest BCUT2D eigenvalue weighted by molar-refractivity contribution is 5.91. The van der Waals surface area contributed by atoms with Crippen LogP contribution in [0.5, 0.6) is 0 Å². The predicted octanol–water partition coefficient (Wildman–Crippen LogP) is 2.91. The molecule has 0 bridgehead atoms. The van der Waals surface area contributed by atoms with Gasteiger partial charge in [0.2, 0.25) is 0 Å². The summed E-state index contributed by atoms with van der Waals surface area (Å²) in [5.41, 5.74) is 2.82. The van der Waals surface area contributed by atoms with Crippen molar-refractivity contribution >= 4 is 5.78 Å². The van der Waals surface area contributed by atoms with Gasteiger partial charge < -0.3 is 5.11 Å². The number of ketones is 1. The van der Waals surface area contributed by atoms with Gasteiger partial charge >= 0.3 is 0 Å². The minimum Gasteiger partial charge on any atom is -0.385 e. The van der Waals surface area contributed by atoms with Crippen molar-refractivity contribution in [1.29, 1.82) is 0 Å². The number of aromatic amines is 1. The Hall–Kier alpha value is -1.16. The Balaban J connectivity index is 1.51. The zero-order valence-electron chi connectivity index (χ0n) is 14.7. The third-order valence-electron chi connectivity index (χ3n) is 8.63. The van der Waals surface area contributed by atoms with Gasteiger partial charge in [0.1, 0.15) is 6.10 Å². The van der Waals surface area contributed by atoms with Gasteiger partial charge in [-0.25, -0.2) is 0 Å². The van der Waals surface area contributed by atoms with Crippen molar-refractivity contribution in [3.05, 3.63) is 17.5 Å². The number of rotatable bonds is 0. The van der Waals surface area contributed by atoms with Gasteiger partial charge in [0.05, 0.1) is 6.20 Å². The van der Waals surface area contributed by atoms with Crippen LogP contribution in [-0.2, 0) is 17.6 Å². The number of aromatic nitrogens is 2. The Bertz CT molecular complexity index is 698. The van der Waals surface area contributed by atoms with E-state index in [1.165, 1.54) is 24.1 Å². The molecule has 0 amide bonds. The van der Waals surface area contributed by atoms with E-state index in [9.17, 15) is 9.90 Å². The maximum absolute atomic E-state index is 12.6. The third kappa shape index (κ3) is 1.73. The van der Waals surface area contributed by atoms with Crippen LogP contribution in [0.15, 0.2) is 6.20 Å². The van der Waals surface area contributed by atoms with Gasteiger partial charge in [0.25, 0.3) is 0 Å². The van der Waals surface area contributed by atoms with Gasteiger partial charge in [-0.05, 0) is 79.6 Å². The van der Waals surface area contributed by atoms with Crippen LogP contribution in [-0.4, -0.2) is 27.2 Å². The number of nitrogens with one attached hydrogen (secondary N) is 1. The SMILES string of the molecule is C[C@]12Cc3cn[nH]c3C[C@@H]1CC[C@@H]1[C@@H]2CC[C@]2(C)C(=O)[C@@H](O)C[C@@H]12. The first-order valence-electron chi connectivity index (χ1n) is 9.67. The smallest absolute Gasteiger partial charge is 0.167 e. The van der Waals surface area contributed by atoms with Crippen LogP contribution < -0.4 is 0 Å². The molecule has 4 nitrogen and oxygen atoms in total. The number of aliphatic hydroxyl groups is 1. The van der Waals surface area contributed by atoms with Gasteiger partial charge in [-0.1, -0.05) is 13.8 Å². The maximum Gasteiger partial charge on any atom is 0.167 e. The predicted molar refractivity (Wildman–Crippen MR) is 90.3 cm³/mol. The van der Waals surface area contributed by atoms with Crippen LogP contribution in [0.1, 0.15) is 57.2 Å². The number of H-pyrrole nitrogens is 1. The highest BCUT2D eigenvalue weighted by Crippen LogP contribution is 2.64. The average molecular weight is 328 g/mol. The molecular formula is C20H28N2O2. The summed E-state index contributed by atoms with van der Waals surface area (Å²) in [4.78, 5) is 12.6. The molecule has 0 radical (unpaired) electrons. The lowest BCUT2D eigenvalue weighted by atomic mass is 9.45. The minimum absolute atomic E-state index is 0.124.